The number of thiophene rings is 1. The average Bonchev–Trinajstić information content (AvgIpc) is 3.34. The van der Waals surface area contributed by atoms with Crippen molar-refractivity contribution in [3.05, 3.63) is 97.6 Å². The Balaban J connectivity index is 1.82. The monoisotopic (exact) mass is 444 g/mol. The Hall–Kier alpha value is -2.67. The molecule has 8 heteroatoms. The van der Waals surface area contributed by atoms with Crippen molar-refractivity contribution in [3.63, 3.8) is 0 Å². The largest absolute Gasteiger partial charge is 0.503 e. The molecular weight excluding hydrogens is 431 g/mol. The first kappa shape index (κ1) is 19.6. The van der Waals surface area contributed by atoms with Crippen molar-refractivity contribution in [1.29, 1.82) is 0 Å². The zero-order valence-electron chi connectivity index (χ0n) is 14.9. The Morgan fingerprint density at radius 3 is 2.62 bits per heavy atom. The van der Waals surface area contributed by atoms with Gasteiger partial charge in [-0.25, -0.2) is 0 Å². The molecule has 3 aromatic rings. The molecule has 1 aliphatic rings. The normalized spacial score (nSPS) is 16.6. The second-order valence-corrected chi connectivity index (χ2v) is 8.16. The molecule has 1 amide bonds. The van der Waals surface area contributed by atoms with Gasteiger partial charge >= 0.3 is 0 Å². The molecular formula is C21H14Cl2N2O3S. The molecule has 146 valence electrons. The van der Waals surface area contributed by atoms with E-state index in [0.29, 0.717) is 26.2 Å². The number of pyridine rings is 1. The van der Waals surface area contributed by atoms with E-state index in [-0.39, 0.29) is 12.1 Å². The van der Waals surface area contributed by atoms with Crippen molar-refractivity contribution in [2.75, 3.05) is 0 Å². The van der Waals surface area contributed by atoms with Crippen LogP contribution < -0.4 is 0 Å². The van der Waals surface area contributed by atoms with E-state index in [1.165, 1.54) is 16.2 Å². The number of halogens is 2. The minimum atomic E-state index is -0.811. The molecule has 0 fully saturated rings. The number of hydrogen-bond acceptors (Lipinski definition) is 5. The Bertz CT molecular complexity index is 1110. The van der Waals surface area contributed by atoms with Crippen LogP contribution in [-0.4, -0.2) is 26.7 Å². The van der Waals surface area contributed by atoms with Gasteiger partial charge in [-0.1, -0.05) is 41.4 Å². The summed E-state index contributed by atoms with van der Waals surface area (Å²) in [7, 11) is 0. The van der Waals surface area contributed by atoms with Gasteiger partial charge in [0.15, 0.2) is 5.76 Å². The number of aromatic nitrogens is 1. The van der Waals surface area contributed by atoms with Crippen LogP contribution in [0.2, 0.25) is 10.0 Å². The summed E-state index contributed by atoms with van der Waals surface area (Å²) in [4.78, 5) is 32.2. The van der Waals surface area contributed by atoms with Gasteiger partial charge in [0.25, 0.3) is 5.91 Å². The van der Waals surface area contributed by atoms with Crippen LogP contribution in [0.25, 0.3) is 0 Å². The van der Waals surface area contributed by atoms with Crippen molar-refractivity contribution < 1.29 is 14.7 Å². The summed E-state index contributed by atoms with van der Waals surface area (Å²) in [6.45, 7) is 0.121. The summed E-state index contributed by atoms with van der Waals surface area (Å²) in [5, 5.41) is 13.0. The van der Waals surface area contributed by atoms with Crippen LogP contribution in [0.15, 0.2) is 71.4 Å². The lowest BCUT2D eigenvalue weighted by Crippen LogP contribution is -2.31. The molecule has 0 saturated heterocycles. The van der Waals surface area contributed by atoms with Crippen LogP contribution in [0, 0.1) is 0 Å². The zero-order chi connectivity index (χ0) is 20.5. The van der Waals surface area contributed by atoms with Crippen LogP contribution in [0.4, 0.5) is 0 Å². The minimum absolute atomic E-state index is 0.0202. The Morgan fingerprint density at radius 2 is 1.97 bits per heavy atom. The Kier molecular flexibility index (Phi) is 5.41. The Labute approximate surface area is 180 Å². The topological polar surface area (TPSA) is 70.5 Å². The summed E-state index contributed by atoms with van der Waals surface area (Å²) in [6, 6.07) is 12.8. The smallest absolute Gasteiger partial charge is 0.290 e. The van der Waals surface area contributed by atoms with Crippen molar-refractivity contribution in [1.82, 2.24) is 9.88 Å². The fraction of sp³-hybridized carbons (Fsp3) is 0.0952. The van der Waals surface area contributed by atoms with Gasteiger partial charge < -0.3 is 10.0 Å². The van der Waals surface area contributed by atoms with E-state index in [4.69, 9.17) is 23.2 Å². The fourth-order valence-electron chi connectivity index (χ4n) is 3.28. The second kappa shape index (κ2) is 7.99. The van der Waals surface area contributed by atoms with Gasteiger partial charge in [0.2, 0.25) is 5.78 Å². The van der Waals surface area contributed by atoms with Gasteiger partial charge in [-0.15, -0.1) is 11.3 Å². The molecule has 1 atom stereocenters. The summed E-state index contributed by atoms with van der Waals surface area (Å²) < 4.78 is 0. The number of ketones is 1. The van der Waals surface area contributed by atoms with Gasteiger partial charge in [0.05, 0.1) is 38.8 Å². The lowest BCUT2D eigenvalue weighted by Gasteiger charge is -2.26. The highest BCUT2D eigenvalue weighted by molar-refractivity contribution is 7.12. The van der Waals surface area contributed by atoms with Crippen molar-refractivity contribution in [2.24, 2.45) is 0 Å². The molecule has 4 rings (SSSR count). The molecule has 3 heterocycles. The highest BCUT2D eigenvalue weighted by atomic mass is 35.5. The van der Waals surface area contributed by atoms with Crippen LogP contribution in [0.5, 0.6) is 0 Å². The number of aliphatic hydroxyl groups is 1. The standard InChI is InChI=1S/C21H14Cl2N2O3S/c22-14-7-6-12(10-15(14)23)18-17(19(26)16-5-3-9-29-16)20(27)21(28)25(18)11-13-4-1-2-8-24-13/h1-10,18,27H,11H2. The van der Waals surface area contributed by atoms with Gasteiger partial charge in [-0.05, 0) is 41.3 Å². The summed E-state index contributed by atoms with van der Waals surface area (Å²) in [5.74, 6) is -1.59. The zero-order valence-corrected chi connectivity index (χ0v) is 17.2. The molecule has 0 aliphatic carbocycles. The number of nitrogens with zero attached hydrogens (tertiary/aromatic N) is 2. The number of rotatable bonds is 5. The first-order chi connectivity index (χ1) is 14.0. The third kappa shape index (κ3) is 3.67. The maximum Gasteiger partial charge on any atom is 0.290 e. The number of amides is 1. The van der Waals surface area contributed by atoms with Crippen LogP contribution in [0.1, 0.15) is 27.0 Å². The number of carbonyl (C=O) groups is 2. The third-order valence-electron chi connectivity index (χ3n) is 4.61. The van der Waals surface area contributed by atoms with E-state index in [0.717, 1.165) is 0 Å². The predicted octanol–water partition coefficient (Wildman–Crippen LogP) is 5.23. The maximum absolute atomic E-state index is 13.1. The molecule has 0 spiro atoms. The summed E-state index contributed by atoms with van der Waals surface area (Å²) in [6.07, 6.45) is 1.62. The maximum atomic E-state index is 13.1. The molecule has 0 radical (unpaired) electrons. The fourth-order valence-corrected chi connectivity index (χ4v) is 4.27. The first-order valence-electron chi connectivity index (χ1n) is 8.64. The highest BCUT2D eigenvalue weighted by Gasteiger charge is 2.44. The summed E-state index contributed by atoms with van der Waals surface area (Å²) in [5.41, 5.74) is 1.22. The van der Waals surface area contributed by atoms with E-state index < -0.39 is 23.5 Å². The van der Waals surface area contributed by atoms with E-state index in [1.807, 2.05) is 6.07 Å². The number of benzene rings is 1. The number of aliphatic hydroxyl groups excluding tert-OH is 1. The van der Waals surface area contributed by atoms with Gasteiger partial charge in [0, 0.05) is 6.20 Å². The molecule has 1 N–H and O–H groups in total. The molecule has 0 bridgehead atoms. The van der Waals surface area contributed by atoms with Crippen molar-refractivity contribution in [2.45, 2.75) is 12.6 Å². The molecule has 0 saturated carbocycles. The second-order valence-electron chi connectivity index (χ2n) is 6.40. The van der Waals surface area contributed by atoms with Gasteiger partial charge in [0.1, 0.15) is 0 Å². The van der Waals surface area contributed by atoms with Crippen molar-refractivity contribution in [3.8, 4) is 0 Å². The Morgan fingerprint density at radius 1 is 1.14 bits per heavy atom. The molecule has 1 aliphatic heterocycles. The average molecular weight is 445 g/mol. The quantitative estimate of drug-likeness (QED) is 0.546. The lowest BCUT2D eigenvalue weighted by molar-refractivity contribution is -0.130. The van der Waals surface area contributed by atoms with E-state index in [2.05, 4.69) is 4.98 Å². The first-order valence-corrected chi connectivity index (χ1v) is 10.3. The number of hydrogen-bond donors (Lipinski definition) is 1. The predicted molar refractivity (Wildman–Crippen MR) is 112 cm³/mol. The minimum Gasteiger partial charge on any atom is -0.503 e. The molecule has 29 heavy (non-hydrogen) atoms. The van der Waals surface area contributed by atoms with E-state index >= 15 is 0 Å². The van der Waals surface area contributed by atoms with Crippen LogP contribution in [-0.2, 0) is 11.3 Å². The highest BCUT2D eigenvalue weighted by Crippen LogP contribution is 2.41. The molecule has 1 aromatic carbocycles. The van der Waals surface area contributed by atoms with Gasteiger partial charge in [-0.3, -0.25) is 14.6 Å². The van der Waals surface area contributed by atoms with E-state index in [1.54, 1.807) is 54.0 Å². The third-order valence-corrected chi connectivity index (χ3v) is 6.22. The van der Waals surface area contributed by atoms with Gasteiger partial charge in [-0.2, -0.15) is 0 Å². The van der Waals surface area contributed by atoms with Crippen LogP contribution >= 0.6 is 34.5 Å². The lowest BCUT2D eigenvalue weighted by atomic mass is 9.95. The molecule has 5 nitrogen and oxygen atoms in total. The van der Waals surface area contributed by atoms with Crippen LogP contribution in [0.3, 0.4) is 0 Å². The molecule has 1 unspecified atom stereocenters. The number of Topliss-reactive ketones (excluding diaryl/α,β-unsaturated/α-hetero) is 1. The van der Waals surface area contributed by atoms with E-state index in [9.17, 15) is 14.7 Å². The molecule has 2 aromatic heterocycles. The number of carbonyl (C=O) groups excluding carboxylic acids is 2. The summed E-state index contributed by atoms with van der Waals surface area (Å²) >= 11 is 13.5. The SMILES string of the molecule is O=C(C1=C(O)C(=O)N(Cc2ccccn2)C1c1ccc(Cl)c(Cl)c1)c1cccs1. The van der Waals surface area contributed by atoms with Crippen molar-refractivity contribution >= 4 is 46.2 Å².